The third-order valence-corrected chi connectivity index (χ3v) is 3.99. The third kappa shape index (κ3) is 3.52. The number of hydrogen-bond donors (Lipinski definition) is 0. The zero-order valence-corrected chi connectivity index (χ0v) is 14.1. The van der Waals surface area contributed by atoms with Crippen LogP contribution in [0.15, 0.2) is 6.20 Å². The Labute approximate surface area is 134 Å². The molecule has 1 aliphatic rings. The molecule has 8 heteroatoms. The highest BCUT2D eigenvalue weighted by Crippen LogP contribution is 2.35. The molecule has 2 heterocycles. The Morgan fingerprint density at radius 1 is 1.26 bits per heavy atom. The Morgan fingerprint density at radius 2 is 1.87 bits per heavy atom. The van der Waals surface area contributed by atoms with E-state index in [1.165, 1.54) is 4.90 Å². The van der Waals surface area contributed by atoms with E-state index >= 15 is 0 Å². The van der Waals surface area contributed by atoms with Crippen LogP contribution >= 0.6 is 0 Å². The van der Waals surface area contributed by atoms with Gasteiger partial charge in [-0.1, -0.05) is 0 Å². The molecule has 0 spiro atoms. The lowest BCUT2D eigenvalue weighted by Gasteiger charge is -2.38. The van der Waals surface area contributed by atoms with Gasteiger partial charge in [0.05, 0.1) is 17.3 Å². The molecule has 23 heavy (non-hydrogen) atoms. The molecule has 1 aromatic rings. The van der Waals surface area contributed by atoms with E-state index in [1.54, 1.807) is 20.8 Å². The van der Waals surface area contributed by atoms with Crippen LogP contribution in [-0.2, 0) is 11.7 Å². The lowest BCUT2D eigenvalue weighted by molar-refractivity contribution is -0.146. The zero-order valence-electron chi connectivity index (χ0n) is 14.1. The van der Waals surface area contributed by atoms with Gasteiger partial charge in [-0.3, -0.25) is 9.48 Å². The number of alkyl halides is 3. The molecule has 1 saturated heterocycles. The first-order valence-corrected chi connectivity index (χ1v) is 7.58. The van der Waals surface area contributed by atoms with E-state index in [2.05, 4.69) is 10.00 Å². The van der Waals surface area contributed by atoms with Crippen molar-refractivity contribution >= 4 is 5.91 Å². The highest BCUT2D eigenvalue weighted by molar-refractivity contribution is 5.95. The summed E-state index contributed by atoms with van der Waals surface area (Å²) in [4.78, 5) is 16.2. The van der Waals surface area contributed by atoms with Crippen molar-refractivity contribution in [1.29, 1.82) is 0 Å². The number of aromatic nitrogens is 2. The van der Waals surface area contributed by atoms with Crippen molar-refractivity contribution in [2.45, 2.75) is 45.5 Å². The molecule has 5 nitrogen and oxygen atoms in total. The number of likely N-dealkylation sites (N-methyl/N-ethyl adjacent to an activating group) is 1. The molecule has 0 saturated carbocycles. The molecule has 1 fully saturated rings. The summed E-state index contributed by atoms with van der Waals surface area (Å²) in [5, 5.41) is 3.85. The third-order valence-electron chi connectivity index (χ3n) is 3.99. The van der Waals surface area contributed by atoms with Gasteiger partial charge in [0.25, 0.3) is 5.91 Å². The standard InChI is InChI=1S/C15H23F3N4O/c1-10-9-20(5)6-7-21(10)13(23)11-8-19-22(14(2,3)4)12(11)15(16,17)18/h8,10H,6-7,9H2,1-5H3/t10-/m1/s1. The van der Waals surface area contributed by atoms with Gasteiger partial charge in [-0.05, 0) is 34.7 Å². The predicted octanol–water partition coefficient (Wildman–Crippen LogP) is 2.43. The van der Waals surface area contributed by atoms with Crippen molar-refractivity contribution in [3.8, 4) is 0 Å². The second kappa shape index (κ2) is 5.81. The van der Waals surface area contributed by atoms with E-state index < -0.39 is 23.3 Å². The van der Waals surface area contributed by atoms with Crippen molar-refractivity contribution in [1.82, 2.24) is 19.6 Å². The number of amides is 1. The van der Waals surface area contributed by atoms with Crippen LogP contribution < -0.4 is 0 Å². The van der Waals surface area contributed by atoms with Crippen molar-refractivity contribution in [2.24, 2.45) is 0 Å². The van der Waals surface area contributed by atoms with Crippen molar-refractivity contribution < 1.29 is 18.0 Å². The van der Waals surface area contributed by atoms with Crippen LogP contribution in [0, 0.1) is 0 Å². The van der Waals surface area contributed by atoms with Crippen LogP contribution in [0.2, 0.25) is 0 Å². The van der Waals surface area contributed by atoms with E-state index in [1.807, 2.05) is 14.0 Å². The second-order valence-corrected chi connectivity index (χ2v) is 7.10. The summed E-state index contributed by atoms with van der Waals surface area (Å²) >= 11 is 0. The van der Waals surface area contributed by atoms with Crippen LogP contribution in [0.1, 0.15) is 43.7 Å². The number of halogens is 3. The van der Waals surface area contributed by atoms with Gasteiger partial charge >= 0.3 is 6.18 Å². The minimum absolute atomic E-state index is 0.139. The Hall–Kier alpha value is -1.57. The average Bonchev–Trinajstić information content (AvgIpc) is 2.82. The largest absolute Gasteiger partial charge is 0.433 e. The summed E-state index contributed by atoms with van der Waals surface area (Å²) < 4.78 is 41.4. The molecule has 0 bridgehead atoms. The van der Waals surface area contributed by atoms with Crippen LogP contribution in [0.25, 0.3) is 0 Å². The smallest absolute Gasteiger partial charge is 0.333 e. The summed E-state index contributed by atoms with van der Waals surface area (Å²) in [5.74, 6) is -0.603. The van der Waals surface area contributed by atoms with Gasteiger partial charge < -0.3 is 9.80 Å². The highest BCUT2D eigenvalue weighted by atomic mass is 19.4. The van der Waals surface area contributed by atoms with E-state index in [4.69, 9.17) is 0 Å². The van der Waals surface area contributed by atoms with Gasteiger partial charge in [0.2, 0.25) is 0 Å². The second-order valence-electron chi connectivity index (χ2n) is 7.10. The molecule has 1 amide bonds. The summed E-state index contributed by atoms with van der Waals surface area (Å²) in [5.41, 5.74) is -2.21. The molecule has 1 atom stereocenters. The maximum Gasteiger partial charge on any atom is 0.433 e. The van der Waals surface area contributed by atoms with Gasteiger partial charge in [-0.25, -0.2) is 0 Å². The van der Waals surface area contributed by atoms with Gasteiger partial charge in [-0.15, -0.1) is 0 Å². The van der Waals surface area contributed by atoms with Crippen molar-refractivity contribution in [3.63, 3.8) is 0 Å². The van der Waals surface area contributed by atoms with Gasteiger partial charge in [-0.2, -0.15) is 18.3 Å². The SMILES string of the molecule is C[C@@H]1CN(C)CCN1C(=O)c1cnn(C(C)(C)C)c1C(F)(F)F. The summed E-state index contributed by atoms with van der Waals surface area (Å²) in [7, 11) is 1.93. The normalized spacial score (nSPS) is 20.9. The van der Waals surface area contributed by atoms with Gasteiger partial charge in [0.15, 0.2) is 5.69 Å². The molecule has 0 unspecified atom stereocenters. The monoisotopic (exact) mass is 332 g/mol. The number of rotatable bonds is 1. The zero-order chi connectivity index (χ0) is 17.6. The fourth-order valence-corrected chi connectivity index (χ4v) is 2.88. The number of hydrogen-bond acceptors (Lipinski definition) is 3. The van der Waals surface area contributed by atoms with Crippen LogP contribution in [0.3, 0.4) is 0 Å². The number of nitrogens with zero attached hydrogens (tertiary/aromatic N) is 4. The lowest BCUT2D eigenvalue weighted by atomic mass is 10.1. The molecule has 0 aromatic carbocycles. The molecular weight excluding hydrogens is 309 g/mol. The summed E-state index contributed by atoms with van der Waals surface area (Å²) in [6.45, 7) is 8.42. The van der Waals surface area contributed by atoms with Crippen LogP contribution in [-0.4, -0.2) is 58.2 Å². The molecule has 130 valence electrons. The molecule has 0 N–H and O–H groups in total. The molecule has 0 radical (unpaired) electrons. The first-order valence-electron chi connectivity index (χ1n) is 7.58. The topological polar surface area (TPSA) is 41.4 Å². The lowest BCUT2D eigenvalue weighted by Crippen LogP contribution is -2.53. The Bertz CT molecular complexity index is 589. The fraction of sp³-hybridized carbons (Fsp3) is 0.733. The number of piperazine rings is 1. The summed E-state index contributed by atoms with van der Waals surface area (Å²) in [6, 6.07) is -0.139. The van der Waals surface area contributed by atoms with Gasteiger partial charge in [0.1, 0.15) is 0 Å². The first-order chi connectivity index (χ1) is 10.4. The maximum atomic E-state index is 13.5. The minimum Gasteiger partial charge on any atom is -0.333 e. The Balaban J connectivity index is 2.44. The quantitative estimate of drug-likeness (QED) is 0.793. The van der Waals surface area contributed by atoms with E-state index in [-0.39, 0.29) is 11.6 Å². The molecule has 1 aromatic heterocycles. The number of carbonyl (C=O) groups excluding carboxylic acids is 1. The maximum absolute atomic E-state index is 13.5. The molecule has 2 rings (SSSR count). The minimum atomic E-state index is -4.63. The molecule has 0 aliphatic carbocycles. The van der Waals surface area contributed by atoms with E-state index in [0.717, 1.165) is 10.9 Å². The predicted molar refractivity (Wildman–Crippen MR) is 80.2 cm³/mol. The average molecular weight is 332 g/mol. The van der Waals surface area contributed by atoms with Crippen molar-refractivity contribution in [2.75, 3.05) is 26.7 Å². The summed E-state index contributed by atoms with van der Waals surface area (Å²) in [6.07, 6.45) is -3.59. The molecular formula is C15H23F3N4O. The van der Waals surface area contributed by atoms with E-state index in [9.17, 15) is 18.0 Å². The first kappa shape index (κ1) is 17.8. The van der Waals surface area contributed by atoms with E-state index in [0.29, 0.717) is 19.6 Å². The highest BCUT2D eigenvalue weighted by Gasteiger charge is 2.43. The van der Waals surface area contributed by atoms with Crippen molar-refractivity contribution in [3.05, 3.63) is 17.5 Å². The number of carbonyl (C=O) groups is 1. The van der Waals surface area contributed by atoms with Crippen LogP contribution in [0.4, 0.5) is 13.2 Å². The Morgan fingerprint density at radius 3 is 2.35 bits per heavy atom. The Kier molecular flexibility index (Phi) is 4.49. The van der Waals surface area contributed by atoms with Gasteiger partial charge in [0, 0.05) is 25.7 Å². The van der Waals surface area contributed by atoms with Crippen LogP contribution in [0.5, 0.6) is 0 Å². The molecule has 1 aliphatic heterocycles. The fourth-order valence-electron chi connectivity index (χ4n) is 2.88.